The predicted molar refractivity (Wildman–Crippen MR) is 54.8 cm³/mol. The van der Waals surface area contributed by atoms with E-state index in [1.165, 1.54) is 0 Å². The number of aromatic amines is 1. The van der Waals surface area contributed by atoms with Crippen LogP contribution < -0.4 is 0 Å². The lowest BCUT2D eigenvalue weighted by Crippen LogP contribution is -2.41. The monoisotopic (exact) mass is 209 g/mol. The van der Waals surface area contributed by atoms with E-state index in [9.17, 15) is 4.79 Å². The Morgan fingerprint density at radius 2 is 2.07 bits per heavy atom. The fourth-order valence-corrected chi connectivity index (χ4v) is 1.79. The quantitative estimate of drug-likeness (QED) is 0.732. The second-order valence-electron chi connectivity index (χ2n) is 3.71. The first-order valence-corrected chi connectivity index (χ1v) is 5.08. The minimum absolute atomic E-state index is 0.0575. The largest absolute Gasteiger partial charge is 0.378 e. The van der Waals surface area contributed by atoms with Crippen molar-refractivity contribution in [3.05, 3.63) is 17.0 Å². The second-order valence-corrected chi connectivity index (χ2v) is 3.71. The van der Waals surface area contributed by atoms with Crippen LogP contribution in [0.5, 0.6) is 0 Å². The number of carbonyl (C=O) groups excluding carboxylic acids is 1. The molecule has 1 fully saturated rings. The third-order valence-corrected chi connectivity index (χ3v) is 2.64. The minimum atomic E-state index is 0.0575. The maximum absolute atomic E-state index is 12.1. The second kappa shape index (κ2) is 4.02. The van der Waals surface area contributed by atoms with Gasteiger partial charge in [-0.1, -0.05) is 0 Å². The number of carbonyl (C=O) groups is 1. The number of amides is 1. The van der Waals surface area contributed by atoms with E-state index in [4.69, 9.17) is 4.74 Å². The average molecular weight is 209 g/mol. The highest BCUT2D eigenvalue weighted by atomic mass is 16.5. The standard InChI is InChI=1S/C10H15N3O2/c1-7-9(8(2)12-11-7)10(14)13-3-5-15-6-4-13/h3-6H2,1-2H3,(H,11,12). The van der Waals surface area contributed by atoms with Gasteiger partial charge < -0.3 is 9.64 Å². The molecule has 2 rings (SSSR count). The molecule has 1 saturated heterocycles. The van der Waals surface area contributed by atoms with E-state index in [0.29, 0.717) is 31.9 Å². The maximum Gasteiger partial charge on any atom is 0.257 e. The molecule has 0 unspecified atom stereocenters. The zero-order valence-electron chi connectivity index (χ0n) is 9.04. The van der Waals surface area contributed by atoms with Crippen LogP contribution >= 0.6 is 0 Å². The Balaban J connectivity index is 2.19. The summed E-state index contributed by atoms with van der Waals surface area (Å²) in [7, 11) is 0. The number of rotatable bonds is 1. The van der Waals surface area contributed by atoms with Gasteiger partial charge >= 0.3 is 0 Å². The predicted octanol–water partition coefficient (Wildman–Crippen LogP) is 0.499. The summed E-state index contributed by atoms with van der Waals surface area (Å²) in [5.74, 6) is 0.0575. The van der Waals surface area contributed by atoms with Gasteiger partial charge in [0, 0.05) is 18.8 Å². The fourth-order valence-electron chi connectivity index (χ4n) is 1.79. The molecule has 0 radical (unpaired) electrons. The van der Waals surface area contributed by atoms with E-state index < -0.39 is 0 Å². The molecule has 5 nitrogen and oxygen atoms in total. The summed E-state index contributed by atoms with van der Waals surface area (Å²) in [6.07, 6.45) is 0. The van der Waals surface area contributed by atoms with Crippen LogP contribution in [0.4, 0.5) is 0 Å². The van der Waals surface area contributed by atoms with Gasteiger partial charge in [-0.15, -0.1) is 0 Å². The molecule has 5 heteroatoms. The van der Waals surface area contributed by atoms with E-state index in [-0.39, 0.29) is 5.91 Å². The fraction of sp³-hybridized carbons (Fsp3) is 0.600. The van der Waals surface area contributed by atoms with Crippen LogP contribution in [0.25, 0.3) is 0 Å². The molecule has 82 valence electrons. The lowest BCUT2D eigenvalue weighted by atomic mass is 10.1. The number of H-pyrrole nitrogens is 1. The summed E-state index contributed by atoms with van der Waals surface area (Å²) in [5, 5.41) is 6.86. The highest BCUT2D eigenvalue weighted by molar-refractivity contribution is 5.96. The number of morpholine rings is 1. The van der Waals surface area contributed by atoms with E-state index in [1.54, 1.807) is 0 Å². The topological polar surface area (TPSA) is 58.2 Å². The summed E-state index contributed by atoms with van der Waals surface area (Å²) < 4.78 is 5.21. The normalized spacial score (nSPS) is 16.8. The van der Waals surface area contributed by atoms with Crippen LogP contribution in [0.3, 0.4) is 0 Å². The highest BCUT2D eigenvalue weighted by Gasteiger charge is 2.23. The average Bonchev–Trinajstić information content (AvgIpc) is 2.59. The zero-order valence-corrected chi connectivity index (χ0v) is 9.04. The Hall–Kier alpha value is -1.36. The van der Waals surface area contributed by atoms with Gasteiger partial charge in [-0.05, 0) is 13.8 Å². The molecule has 0 aliphatic carbocycles. The summed E-state index contributed by atoms with van der Waals surface area (Å²) >= 11 is 0. The van der Waals surface area contributed by atoms with Crippen molar-refractivity contribution < 1.29 is 9.53 Å². The van der Waals surface area contributed by atoms with E-state index in [2.05, 4.69) is 10.2 Å². The first-order valence-electron chi connectivity index (χ1n) is 5.08. The third-order valence-electron chi connectivity index (χ3n) is 2.64. The maximum atomic E-state index is 12.1. The number of nitrogens with one attached hydrogen (secondary N) is 1. The SMILES string of the molecule is Cc1n[nH]c(C)c1C(=O)N1CCOCC1. The number of nitrogens with zero attached hydrogens (tertiary/aromatic N) is 2. The molecule has 0 atom stereocenters. The summed E-state index contributed by atoms with van der Waals surface area (Å²) in [6, 6.07) is 0. The van der Waals surface area contributed by atoms with Gasteiger partial charge in [0.15, 0.2) is 0 Å². The van der Waals surface area contributed by atoms with Crippen LogP contribution in [0.2, 0.25) is 0 Å². The Kier molecular flexibility index (Phi) is 2.73. The summed E-state index contributed by atoms with van der Waals surface area (Å²) in [4.78, 5) is 13.9. The van der Waals surface area contributed by atoms with Gasteiger partial charge in [0.25, 0.3) is 5.91 Å². The third kappa shape index (κ3) is 1.87. The molecular weight excluding hydrogens is 194 g/mol. The van der Waals surface area contributed by atoms with E-state index >= 15 is 0 Å². The smallest absolute Gasteiger partial charge is 0.257 e. The molecule has 2 heterocycles. The van der Waals surface area contributed by atoms with Crippen molar-refractivity contribution in [2.24, 2.45) is 0 Å². The van der Waals surface area contributed by atoms with E-state index in [0.717, 1.165) is 11.4 Å². The van der Waals surface area contributed by atoms with Gasteiger partial charge in [-0.25, -0.2) is 0 Å². The Morgan fingerprint density at radius 1 is 1.40 bits per heavy atom. The molecule has 1 aliphatic heterocycles. The summed E-state index contributed by atoms with van der Waals surface area (Å²) in [5.41, 5.74) is 2.31. The highest BCUT2D eigenvalue weighted by Crippen LogP contribution is 2.13. The molecule has 0 bridgehead atoms. The Labute approximate surface area is 88.4 Å². The van der Waals surface area contributed by atoms with Crippen molar-refractivity contribution in [1.82, 2.24) is 15.1 Å². The van der Waals surface area contributed by atoms with Crippen molar-refractivity contribution >= 4 is 5.91 Å². The lowest BCUT2D eigenvalue weighted by molar-refractivity contribution is 0.0302. The zero-order chi connectivity index (χ0) is 10.8. The van der Waals surface area contributed by atoms with Crippen LogP contribution in [0.1, 0.15) is 21.7 Å². The van der Waals surface area contributed by atoms with Crippen LogP contribution in [-0.2, 0) is 4.74 Å². The lowest BCUT2D eigenvalue weighted by Gasteiger charge is -2.26. The number of aromatic nitrogens is 2. The molecular formula is C10H15N3O2. The van der Waals surface area contributed by atoms with Crippen LogP contribution in [0.15, 0.2) is 0 Å². The van der Waals surface area contributed by atoms with Crippen molar-refractivity contribution in [2.75, 3.05) is 26.3 Å². The van der Waals surface area contributed by atoms with Gasteiger partial charge in [0.1, 0.15) is 0 Å². The first-order chi connectivity index (χ1) is 7.20. The van der Waals surface area contributed by atoms with Crippen molar-refractivity contribution in [1.29, 1.82) is 0 Å². The summed E-state index contributed by atoms with van der Waals surface area (Å²) in [6.45, 7) is 6.31. The molecule has 15 heavy (non-hydrogen) atoms. The van der Waals surface area contributed by atoms with E-state index in [1.807, 2.05) is 18.7 Å². The van der Waals surface area contributed by atoms with Crippen molar-refractivity contribution in [2.45, 2.75) is 13.8 Å². The number of hydrogen-bond donors (Lipinski definition) is 1. The molecule has 1 aromatic rings. The van der Waals surface area contributed by atoms with Crippen LogP contribution in [-0.4, -0.2) is 47.3 Å². The van der Waals surface area contributed by atoms with Gasteiger partial charge in [-0.2, -0.15) is 5.10 Å². The first kappa shape index (κ1) is 10.2. The van der Waals surface area contributed by atoms with Gasteiger partial charge in [0.05, 0.1) is 24.5 Å². The molecule has 0 spiro atoms. The van der Waals surface area contributed by atoms with Crippen LogP contribution in [0, 0.1) is 13.8 Å². The number of hydrogen-bond acceptors (Lipinski definition) is 3. The van der Waals surface area contributed by atoms with Gasteiger partial charge in [0.2, 0.25) is 0 Å². The molecule has 1 amide bonds. The molecule has 1 N–H and O–H groups in total. The van der Waals surface area contributed by atoms with Crippen molar-refractivity contribution in [3.63, 3.8) is 0 Å². The molecule has 0 saturated carbocycles. The molecule has 1 aromatic heterocycles. The minimum Gasteiger partial charge on any atom is -0.378 e. The Bertz CT molecular complexity index is 347. The molecule has 0 aromatic carbocycles. The van der Waals surface area contributed by atoms with Crippen molar-refractivity contribution in [3.8, 4) is 0 Å². The Morgan fingerprint density at radius 3 is 2.60 bits per heavy atom. The molecule has 1 aliphatic rings. The van der Waals surface area contributed by atoms with Gasteiger partial charge in [-0.3, -0.25) is 9.89 Å². The number of aryl methyl sites for hydroxylation is 2. The number of ether oxygens (including phenoxy) is 1.